The Labute approximate surface area is 199 Å². The van der Waals surface area contributed by atoms with Crippen LogP contribution in [0, 0.1) is 0 Å². The van der Waals surface area contributed by atoms with Crippen LogP contribution in [0.2, 0.25) is 0 Å². The second kappa shape index (κ2) is 10.4. The van der Waals surface area contributed by atoms with Gasteiger partial charge in [-0.25, -0.2) is 9.97 Å². The van der Waals surface area contributed by atoms with E-state index in [1.54, 1.807) is 6.33 Å². The topological polar surface area (TPSA) is 83.5 Å². The number of nitrogens with one attached hydrogen (secondary N) is 1. The van der Waals surface area contributed by atoms with E-state index >= 15 is 0 Å². The van der Waals surface area contributed by atoms with Crippen molar-refractivity contribution in [3.63, 3.8) is 0 Å². The van der Waals surface area contributed by atoms with Gasteiger partial charge >= 0.3 is 0 Å². The van der Waals surface area contributed by atoms with E-state index in [2.05, 4.69) is 38.9 Å². The number of aryl methyl sites for hydroxylation is 1. The first-order valence-electron chi connectivity index (χ1n) is 11.2. The molecule has 1 fully saturated rings. The van der Waals surface area contributed by atoms with Crippen LogP contribution >= 0.6 is 12.4 Å². The molecule has 0 unspecified atom stereocenters. The molecule has 4 aromatic rings. The Hall–Kier alpha value is -2.87. The van der Waals surface area contributed by atoms with Crippen LogP contribution < -0.4 is 4.74 Å². The number of halogens is 1. The predicted molar refractivity (Wildman–Crippen MR) is 132 cm³/mol. The molecule has 1 aliphatic heterocycles. The summed E-state index contributed by atoms with van der Waals surface area (Å²) in [6.45, 7) is 7.42. The fraction of sp³-hybridized carbons (Fsp3) is 0.360. The zero-order valence-electron chi connectivity index (χ0n) is 18.7. The zero-order valence-corrected chi connectivity index (χ0v) is 19.5. The van der Waals surface area contributed by atoms with Crippen molar-refractivity contribution in [2.75, 3.05) is 39.5 Å². The number of H-pyrrole nitrogens is 1. The molecule has 3 heterocycles. The number of aromatic amines is 1. The number of aromatic hydroxyl groups is 1. The first-order chi connectivity index (χ1) is 15.7. The Morgan fingerprint density at radius 2 is 1.91 bits per heavy atom. The normalized spacial score (nSPS) is 14.5. The molecule has 2 aromatic carbocycles. The average Bonchev–Trinajstić information content (AvgIpc) is 3.16. The van der Waals surface area contributed by atoms with E-state index < -0.39 is 0 Å². The van der Waals surface area contributed by atoms with Gasteiger partial charge < -0.3 is 19.6 Å². The summed E-state index contributed by atoms with van der Waals surface area (Å²) in [6, 6.07) is 12.1. The largest absolute Gasteiger partial charge is 0.494 e. The van der Waals surface area contributed by atoms with Crippen LogP contribution in [0.25, 0.3) is 33.1 Å². The van der Waals surface area contributed by atoms with Crippen LogP contribution in [0.5, 0.6) is 11.6 Å². The molecule has 0 atom stereocenters. The van der Waals surface area contributed by atoms with Crippen LogP contribution in [0.4, 0.5) is 0 Å². The second-order valence-corrected chi connectivity index (χ2v) is 8.14. The molecule has 0 bridgehead atoms. The molecule has 0 saturated carbocycles. The highest BCUT2D eigenvalue weighted by Crippen LogP contribution is 2.39. The van der Waals surface area contributed by atoms with Gasteiger partial charge in [0, 0.05) is 42.0 Å². The molecule has 0 aliphatic carbocycles. The summed E-state index contributed by atoms with van der Waals surface area (Å²) in [7, 11) is 0. The maximum absolute atomic E-state index is 10.7. The zero-order chi connectivity index (χ0) is 21.9. The number of nitrogens with zero attached hydrogens (tertiary/aromatic N) is 3. The van der Waals surface area contributed by atoms with Crippen molar-refractivity contribution < 1.29 is 14.6 Å². The lowest BCUT2D eigenvalue weighted by Crippen LogP contribution is -2.37. The third kappa shape index (κ3) is 4.90. The molecular formula is C25H29ClN4O3. The third-order valence-corrected chi connectivity index (χ3v) is 6.09. The fourth-order valence-corrected chi connectivity index (χ4v) is 4.32. The van der Waals surface area contributed by atoms with E-state index in [0.717, 1.165) is 73.2 Å². The summed E-state index contributed by atoms with van der Waals surface area (Å²) >= 11 is 0. The number of ether oxygens (including phenoxy) is 2. The van der Waals surface area contributed by atoms with E-state index in [1.165, 1.54) is 5.56 Å². The maximum atomic E-state index is 10.7. The van der Waals surface area contributed by atoms with Gasteiger partial charge in [-0.05, 0) is 36.6 Å². The van der Waals surface area contributed by atoms with Gasteiger partial charge in [0.15, 0.2) is 5.88 Å². The van der Waals surface area contributed by atoms with E-state index in [9.17, 15) is 5.11 Å². The van der Waals surface area contributed by atoms with Crippen molar-refractivity contribution in [3.05, 3.63) is 48.3 Å². The van der Waals surface area contributed by atoms with Gasteiger partial charge in [-0.15, -0.1) is 12.4 Å². The molecule has 1 aliphatic rings. The first kappa shape index (κ1) is 23.3. The highest BCUT2D eigenvalue weighted by Gasteiger charge is 2.17. The van der Waals surface area contributed by atoms with Gasteiger partial charge in [-0.2, -0.15) is 0 Å². The van der Waals surface area contributed by atoms with Crippen LogP contribution in [0.3, 0.4) is 0 Å². The standard InChI is InChI=1S/C25H28N4O3.ClH/c1-2-17-4-6-19-22(14-17)28-25(30)23(19)24-20-7-5-18(15-21(20)26-16-27-24)32-11-3-8-29-9-12-31-13-10-29;/h4-7,14-16,28,30H,2-3,8-13H2,1H3;1H. The SMILES string of the molecule is CCc1ccc2c(-c3ncnc4cc(OCCCN5CCOCC5)ccc34)c(O)[nH]c2c1.Cl. The van der Waals surface area contributed by atoms with Gasteiger partial charge in [-0.3, -0.25) is 4.90 Å². The summed E-state index contributed by atoms with van der Waals surface area (Å²) in [6.07, 6.45) is 3.45. The Morgan fingerprint density at radius 1 is 1.09 bits per heavy atom. The number of benzene rings is 2. The number of hydrogen-bond acceptors (Lipinski definition) is 6. The van der Waals surface area contributed by atoms with E-state index in [1.807, 2.05) is 24.3 Å². The lowest BCUT2D eigenvalue weighted by molar-refractivity contribution is 0.0358. The van der Waals surface area contributed by atoms with Crippen molar-refractivity contribution in [3.8, 4) is 22.9 Å². The lowest BCUT2D eigenvalue weighted by atomic mass is 10.0. The molecule has 0 spiro atoms. The molecular weight excluding hydrogens is 440 g/mol. The monoisotopic (exact) mass is 468 g/mol. The van der Waals surface area contributed by atoms with Gasteiger partial charge in [0.05, 0.1) is 36.6 Å². The van der Waals surface area contributed by atoms with Crippen LogP contribution in [-0.4, -0.2) is 64.4 Å². The third-order valence-electron chi connectivity index (χ3n) is 6.09. The van der Waals surface area contributed by atoms with Gasteiger partial charge in [0.2, 0.25) is 0 Å². The molecule has 2 aromatic heterocycles. The summed E-state index contributed by atoms with van der Waals surface area (Å²) in [5.74, 6) is 0.913. The Morgan fingerprint density at radius 3 is 2.73 bits per heavy atom. The van der Waals surface area contributed by atoms with Crippen LogP contribution in [-0.2, 0) is 11.2 Å². The molecule has 8 heteroatoms. The quantitative estimate of drug-likeness (QED) is 0.386. The fourth-order valence-electron chi connectivity index (χ4n) is 4.32. The summed E-state index contributed by atoms with van der Waals surface area (Å²) in [4.78, 5) is 14.5. The molecule has 7 nitrogen and oxygen atoms in total. The number of rotatable bonds is 7. The number of morpholine rings is 1. The van der Waals surface area contributed by atoms with Crippen molar-refractivity contribution >= 4 is 34.2 Å². The Kier molecular flexibility index (Phi) is 7.33. The Balaban J connectivity index is 0.00000259. The summed E-state index contributed by atoms with van der Waals surface area (Å²) < 4.78 is 11.4. The Bertz CT molecular complexity index is 1240. The summed E-state index contributed by atoms with van der Waals surface area (Å²) in [5.41, 5.74) is 4.33. The average molecular weight is 469 g/mol. The van der Waals surface area contributed by atoms with Crippen molar-refractivity contribution in [1.82, 2.24) is 19.9 Å². The number of fused-ring (bicyclic) bond motifs is 2. The smallest absolute Gasteiger partial charge is 0.199 e. The predicted octanol–water partition coefficient (Wildman–Crippen LogP) is 4.57. The van der Waals surface area contributed by atoms with E-state index in [0.29, 0.717) is 17.9 Å². The number of hydrogen-bond donors (Lipinski definition) is 2. The molecule has 33 heavy (non-hydrogen) atoms. The molecule has 1 saturated heterocycles. The van der Waals surface area contributed by atoms with Crippen molar-refractivity contribution in [2.24, 2.45) is 0 Å². The van der Waals surface area contributed by atoms with E-state index in [-0.39, 0.29) is 18.3 Å². The maximum Gasteiger partial charge on any atom is 0.199 e. The lowest BCUT2D eigenvalue weighted by Gasteiger charge is -2.26. The first-order valence-corrected chi connectivity index (χ1v) is 11.2. The molecule has 2 N–H and O–H groups in total. The van der Waals surface area contributed by atoms with Crippen LogP contribution in [0.1, 0.15) is 18.9 Å². The minimum Gasteiger partial charge on any atom is -0.494 e. The molecule has 174 valence electrons. The summed E-state index contributed by atoms with van der Waals surface area (Å²) in [5, 5.41) is 12.5. The molecule has 0 radical (unpaired) electrons. The minimum atomic E-state index is 0. The van der Waals surface area contributed by atoms with Gasteiger partial charge in [0.25, 0.3) is 0 Å². The van der Waals surface area contributed by atoms with Crippen LogP contribution in [0.15, 0.2) is 42.7 Å². The van der Waals surface area contributed by atoms with Gasteiger partial charge in [-0.1, -0.05) is 19.1 Å². The highest BCUT2D eigenvalue weighted by atomic mass is 35.5. The molecule has 5 rings (SSSR count). The molecule has 0 amide bonds. The highest BCUT2D eigenvalue weighted by molar-refractivity contribution is 6.05. The van der Waals surface area contributed by atoms with E-state index in [4.69, 9.17) is 9.47 Å². The minimum absolute atomic E-state index is 0. The van der Waals surface area contributed by atoms with Gasteiger partial charge in [0.1, 0.15) is 12.1 Å². The second-order valence-electron chi connectivity index (χ2n) is 8.14. The number of aromatic nitrogens is 3. The van der Waals surface area contributed by atoms with Crippen molar-refractivity contribution in [2.45, 2.75) is 19.8 Å². The van der Waals surface area contributed by atoms with Crippen molar-refractivity contribution in [1.29, 1.82) is 0 Å².